The highest BCUT2D eigenvalue weighted by molar-refractivity contribution is 6.30. The van der Waals surface area contributed by atoms with Gasteiger partial charge in [0.1, 0.15) is 5.65 Å². The number of hydrogen-bond donors (Lipinski definition) is 1. The van der Waals surface area contributed by atoms with E-state index in [9.17, 15) is 0 Å². The van der Waals surface area contributed by atoms with Crippen molar-refractivity contribution in [2.24, 2.45) is 5.41 Å². The van der Waals surface area contributed by atoms with Gasteiger partial charge in [-0.25, -0.2) is 4.98 Å². The van der Waals surface area contributed by atoms with Gasteiger partial charge in [0.05, 0.1) is 0 Å². The molecular formula is C36H41ClN4. The van der Waals surface area contributed by atoms with Gasteiger partial charge in [0.25, 0.3) is 0 Å². The van der Waals surface area contributed by atoms with Crippen molar-refractivity contribution in [1.29, 1.82) is 0 Å². The fourth-order valence-corrected chi connectivity index (χ4v) is 6.84. The second-order valence-corrected chi connectivity index (χ2v) is 13.2. The third kappa shape index (κ3) is 6.14. The monoisotopic (exact) mass is 564 g/mol. The number of H-pyrrole nitrogens is 1. The second-order valence-electron chi connectivity index (χ2n) is 12.7. The van der Waals surface area contributed by atoms with Gasteiger partial charge in [-0.2, -0.15) is 0 Å². The number of aromatic nitrogens is 2. The van der Waals surface area contributed by atoms with Crippen LogP contribution in [0.1, 0.15) is 62.3 Å². The molecule has 2 aliphatic rings. The van der Waals surface area contributed by atoms with Gasteiger partial charge in [0.2, 0.25) is 0 Å². The molecule has 1 N–H and O–H groups in total. The molecule has 0 amide bonds. The lowest BCUT2D eigenvalue weighted by Crippen LogP contribution is -2.52. The van der Waals surface area contributed by atoms with Gasteiger partial charge >= 0.3 is 0 Å². The molecule has 3 heterocycles. The van der Waals surface area contributed by atoms with Crippen LogP contribution in [0.15, 0.2) is 79.1 Å². The van der Waals surface area contributed by atoms with Gasteiger partial charge in [-0.05, 0) is 102 Å². The number of anilines is 1. The zero-order valence-electron chi connectivity index (χ0n) is 24.6. The standard InChI is InChI=1S/C36H41ClN4/c1-5-27-8-11-33(20-30(27)19-26-18-29-13-15-38-35(29)39-22-26)41-17-16-40(25(2)23-41)24-31-21-36(3,4)14-12-34(31)28-6-9-32(37)10-7-28/h5-11,13,15,18,20,22,25H,1,12,14,16-17,19,21,23-24H2,2-4H3,(H,38,39). The zero-order valence-corrected chi connectivity index (χ0v) is 25.3. The Hall–Kier alpha value is -3.34. The van der Waals surface area contributed by atoms with E-state index in [4.69, 9.17) is 11.6 Å². The predicted molar refractivity (Wildman–Crippen MR) is 175 cm³/mol. The van der Waals surface area contributed by atoms with E-state index < -0.39 is 0 Å². The summed E-state index contributed by atoms with van der Waals surface area (Å²) in [6.07, 6.45) is 10.3. The van der Waals surface area contributed by atoms with Crippen LogP contribution in [-0.2, 0) is 6.42 Å². The Labute approximate surface area is 249 Å². The average Bonchev–Trinajstić information content (AvgIpc) is 3.42. The summed E-state index contributed by atoms with van der Waals surface area (Å²) in [7, 11) is 0. The number of fused-ring (bicyclic) bond motifs is 1. The number of nitrogens with zero attached hydrogens (tertiary/aromatic N) is 3. The molecule has 2 aromatic heterocycles. The van der Waals surface area contributed by atoms with Crippen LogP contribution in [-0.4, -0.2) is 47.1 Å². The molecule has 41 heavy (non-hydrogen) atoms. The highest BCUT2D eigenvalue weighted by atomic mass is 35.5. The third-order valence-electron chi connectivity index (χ3n) is 9.09. The van der Waals surface area contributed by atoms with Gasteiger partial charge in [-0.15, -0.1) is 0 Å². The van der Waals surface area contributed by atoms with Crippen LogP contribution >= 0.6 is 11.6 Å². The molecule has 1 unspecified atom stereocenters. The van der Waals surface area contributed by atoms with E-state index in [-0.39, 0.29) is 0 Å². The molecule has 0 spiro atoms. The van der Waals surface area contributed by atoms with Crippen molar-refractivity contribution in [2.75, 3.05) is 31.1 Å². The molecule has 1 saturated heterocycles. The van der Waals surface area contributed by atoms with Gasteiger partial charge in [-0.3, -0.25) is 4.90 Å². The van der Waals surface area contributed by atoms with Crippen LogP contribution < -0.4 is 4.90 Å². The Balaban J connectivity index is 1.19. The lowest BCUT2D eigenvalue weighted by molar-refractivity contribution is 0.196. The lowest BCUT2D eigenvalue weighted by Gasteiger charge is -2.43. The predicted octanol–water partition coefficient (Wildman–Crippen LogP) is 8.62. The first-order valence-corrected chi connectivity index (χ1v) is 15.3. The summed E-state index contributed by atoms with van der Waals surface area (Å²) < 4.78 is 0. The van der Waals surface area contributed by atoms with Crippen molar-refractivity contribution in [3.8, 4) is 0 Å². The Morgan fingerprint density at radius 1 is 1.10 bits per heavy atom. The summed E-state index contributed by atoms with van der Waals surface area (Å²) in [4.78, 5) is 13.0. The van der Waals surface area contributed by atoms with Gasteiger partial charge in [0.15, 0.2) is 0 Å². The second kappa shape index (κ2) is 11.5. The van der Waals surface area contributed by atoms with Crippen LogP contribution in [0.4, 0.5) is 5.69 Å². The quantitative estimate of drug-likeness (QED) is 0.244. The number of hydrogen-bond acceptors (Lipinski definition) is 3. The van der Waals surface area contributed by atoms with E-state index in [0.717, 1.165) is 61.5 Å². The Kier molecular flexibility index (Phi) is 7.80. The van der Waals surface area contributed by atoms with Crippen LogP contribution in [0.25, 0.3) is 22.7 Å². The minimum absolute atomic E-state index is 0.348. The zero-order chi connectivity index (χ0) is 28.6. The molecule has 0 saturated carbocycles. The molecule has 1 aliphatic heterocycles. The Morgan fingerprint density at radius 2 is 1.93 bits per heavy atom. The lowest BCUT2D eigenvalue weighted by atomic mass is 9.72. The fourth-order valence-electron chi connectivity index (χ4n) is 6.72. The van der Waals surface area contributed by atoms with E-state index in [1.807, 2.05) is 30.6 Å². The molecule has 6 rings (SSSR count). The van der Waals surface area contributed by atoms with E-state index in [2.05, 4.69) is 89.6 Å². The van der Waals surface area contributed by atoms with Gasteiger partial charge in [0, 0.05) is 60.7 Å². The van der Waals surface area contributed by atoms with Gasteiger partial charge < -0.3 is 9.88 Å². The Bertz CT molecular complexity index is 1580. The largest absolute Gasteiger partial charge is 0.369 e. The molecule has 2 aromatic carbocycles. The van der Waals surface area contributed by atoms with Crippen LogP contribution in [0.3, 0.4) is 0 Å². The van der Waals surface area contributed by atoms with Crippen LogP contribution in [0.2, 0.25) is 5.02 Å². The normalized spacial score (nSPS) is 19.6. The summed E-state index contributed by atoms with van der Waals surface area (Å²) in [6.45, 7) is 15.5. The van der Waals surface area contributed by atoms with Crippen molar-refractivity contribution in [1.82, 2.24) is 14.9 Å². The molecule has 1 fully saturated rings. The first-order valence-electron chi connectivity index (χ1n) is 14.9. The Morgan fingerprint density at radius 3 is 2.71 bits per heavy atom. The molecule has 4 aromatic rings. The fraction of sp³-hybridized carbons (Fsp3) is 0.361. The van der Waals surface area contributed by atoms with E-state index in [1.54, 1.807) is 5.57 Å². The maximum atomic E-state index is 6.22. The summed E-state index contributed by atoms with van der Waals surface area (Å²) >= 11 is 6.22. The summed E-state index contributed by atoms with van der Waals surface area (Å²) in [5.41, 5.74) is 10.8. The molecule has 212 valence electrons. The highest BCUT2D eigenvalue weighted by Gasteiger charge is 2.31. The van der Waals surface area contributed by atoms with E-state index >= 15 is 0 Å². The number of aromatic amines is 1. The highest BCUT2D eigenvalue weighted by Crippen LogP contribution is 2.43. The third-order valence-corrected chi connectivity index (χ3v) is 9.34. The summed E-state index contributed by atoms with van der Waals surface area (Å²) in [5, 5.41) is 1.96. The first kappa shape index (κ1) is 27.8. The van der Waals surface area contributed by atoms with Gasteiger partial charge in [-0.1, -0.05) is 61.9 Å². The van der Waals surface area contributed by atoms with Crippen molar-refractivity contribution in [2.45, 2.75) is 52.5 Å². The number of nitrogens with one attached hydrogen (secondary N) is 1. The number of rotatable bonds is 7. The van der Waals surface area contributed by atoms with Crippen molar-refractivity contribution < 1.29 is 0 Å². The molecular weight excluding hydrogens is 524 g/mol. The smallest absolute Gasteiger partial charge is 0.137 e. The molecule has 0 radical (unpaired) electrons. The van der Waals surface area contributed by atoms with E-state index in [1.165, 1.54) is 39.9 Å². The minimum atomic E-state index is 0.348. The van der Waals surface area contributed by atoms with Crippen molar-refractivity contribution in [3.63, 3.8) is 0 Å². The number of halogens is 1. The first-order chi connectivity index (χ1) is 19.8. The molecule has 5 heteroatoms. The summed E-state index contributed by atoms with van der Waals surface area (Å²) in [5.74, 6) is 0. The SMILES string of the molecule is C=Cc1ccc(N2CCN(CC3=C(c4ccc(Cl)cc4)CCC(C)(C)C3)C(C)C2)cc1Cc1cnc2[nH]ccc2c1. The van der Waals surface area contributed by atoms with Crippen molar-refractivity contribution in [3.05, 3.63) is 106 Å². The average molecular weight is 565 g/mol. The van der Waals surface area contributed by atoms with Crippen LogP contribution in [0, 0.1) is 5.41 Å². The number of pyridine rings is 1. The summed E-state index contributed by atoms with van der Waals surface area (Å²) in [6, 6.07) is 20.1. The number of piperazine rings is 1. The molecule has 0 bridgehead atoms. The number of benzene rings is 2. The maximum Gasteiger partial charge on any atom is 0.137 e. The minimum Gasteiger partial charge on any atom is -0.369 e. The number of allylic oxidation sites excluding steroid dienone is 1. The molecule has 1 atom stereocenters. The van der Waals surface area contributed by atoms with Crippen molar-refractivity contribution >= 4 is 40.0 Å². The molecule has 4 nitrogen and oxygen atoms in total. The van der Waals surface area contributed by atoms with Crippen LogP contribution in [0.5, 0.6) is 0 Å². The van der Waals surface area contributed by atoms with E-state index in [0.29, 0.717) is 11.5 Å². The molecule has 1 aliphatic carbocycles. The topological polar surface area (TPSA) is 35.2 Å². The maximum absolute atomic E-state index is 6.22.